The molecule has 1 aromatic heterocycles. The van der Waals surface area contributed by atoms with Crippen molar-refractivity contribution < 1.29 is 13.2 Å². The zero-order valence-electron chi connectivity index (χ0n) is 13.4. The summed E-state index contributed by atoms with van der Waals surface area (Å²) >= 11 is 12.7. The van der Waals surface area contributed by atoms with Gasteiger partial charge in [0.15, 0.2) is 0 Å². The van der Waals surface area contributed by atoms with Gasteiger partial charge in [-0.15, -0.1) is 11.3 Å². The largest absolute Gasteiger partial charge is 0.339 e. The van der Waals surface area contributed by atoms with Gasteiger partial charge in [0.2, 0.25) is 5.91 Å². The molecule has 9 heteroatoms. The second-order valence-corrected chi connectivity index (χ2v) is 10.9. The zero-order valence-corrected chi connectivity index (χ0v) is 16.5. The molecular formula is C15H20Cl2N2O3S2. The van der Waals surface area contributed by atoms with Crippen molar-refractivity contribution in [2.45, 2.75) is 42.4 Å². The molecule has 134 valence electrons. The van der Waals surface area contributed by atoms with Crippen molar-refractivity contribution in [2.24, 2.45) is 5.92 Å². The van der Waals surface area contributed by atoms with Gasteiger partial charge in [-0.2, -0.15) is 4.31 Å². The van der Waals surface area contributed by atoms with Gasteiger partial charge in [-0.1, -0.05) is 36.0 Å². The minimum atomic E-state index is -3.63. The third-order valence-corrected chi connectivity index (χ3v) is 8.94. The first kappa shape index (κ1) is 18.5. The Morgan fingerprint density at radius 3 is 2.58 bits per heavy atom. The molecule has 1 aliphatic carbocycles. The van der Waals surface area contributed by atoms with Gasteiger partial charge in [0.1, 0.15) is 8.55 Å². The average molecular weight is 411 g/mol. The molecule has 1 unspecified atom stereocenters. The van der Waals surface area contributed by atoms with Crippen LogP contribution in [-0.4, -0.2) is 49.7 Å². The Morgan fingerprint density at radius 2 is 2.00 bits per heavy atom. The quantitative estimate of drug-likeness (QED) is 0.746. The van der Waals surface area contributed by atoms with Gasteiger partial charge in [0.05, 0.1) is 5.02 Å². The third-order valence-electron chi connectivity index (χ3n) is 4.81. The van der Waals surface area contributed by atoms with Crippen LogP contribution in [0.3, 0.4) is 0 Å². The van der Waals surface area contributed by atoms with Gasteiger partial charge in [0, 0.05) is 32.6 Å². The Balaban J connectivity index is 1.66. The molecule has 3 rings (SSSR count). The summed E-state index contributed by atoms with van der Waals surface area (Å²) < 4.78 is 27.0. The lowest BCUT2D eigenvalue weighted by molar-refractivity contribution is -0.129. The molecule has 5 nitrogen and oxygen atoms in total. The molecule has 1 amide bonds. The van der Waals surface area contributed by atoms with Gasteiger partial charge in [0.25, 0.3) is 10.0 Å². The minimum Gasteiger partial charge on any atom is -0.339 e. The van der Waals surface area contributed by atoms with Crippen LogP contribution in [0.2, 0.25) is 9.36 Å². The molecule has 2 fully saturated rings. The highest BCUT2D eigenvalue weighted by Gasteiger charge is 2.37. The summed E-state index contributed by atoms with van der Waals surface area (Å²) in [7, 11) is -2.09. The van der Waals surface area contributed by atoms with Crippen molar-refractivity contribution in [2.75, 3.05) is 20.1 Å². The topological polar surface area (TPSA) is 57.7 Å². The molecule has 1 saturated heterocycles. The van der Waals surface area contributed by atoms with Crippen molar-refractivity contribution in [3.8, 4) is 0 Å². The van der Waals surface area contributed by atoms with Crippen LogP contribution in [0.15, 0.2) is 10.3 Å². The second kappa shape index (κ2) is 7.11. The number of hydrogen-bond donors (Lipinski definition) is 0. The summed E-state index contributed by atoms with van der Waals surface area (Å²) in [6.07, 6.45) is 4.90. The lowest BCUT2D eigenvalue weighted by Gasteiger charge is -2.25. The summed E-state index contributed by atoms with van der Waals surface area (Å²) in [4.78, 5) is 14.2. The number of sulfonamides is 1. The molecule has 0 aromatic carbocycles. The van der Waals surface area contributed by atoms with E-state index in [9.17, 15) is 13.2 Å². The smallest absolute Gasteiger partial charge is 0.252 e. The van der Waals surface area contributed by atoms with Crippen LogP contribution in [0.5, 0.6) is 0 Å². The molecule has 0 bridgehead atoms. The number of halogens is 2. The van der Waals surface area contributed by atoms with Gasteiger partial charge in [-0.3, -0.25) is 4.79 Å². The van der Waals surface area contributed by atoms with E-state index < -0.39 is 10.0 Å². The van der Waals surface area contributed by atoms with Crippen LogP contribution in [0.4, 0.5) is 0 Å². The fraction of sp³-hybridized carbons (Fsp3) is 0.667. The summed E-state index contributed by atoms with van der Waals surface area (Å²) in [5, 5.41) is 0.247. The van der Waals surface area contributed by atoms with Crippen LogP contribution in [0.25, 0.3) is 0 Å². The average Bonchev–Trinajstić information content (AvgIpc) is 3.21. The number of amides is 1. The van der Waals surface area contributed by atoms with Crippen molar-refractivity contribution >= 4 is 50.5 Å². The highest BCUT2D eigenvalue weighted by Crippen LogP contribution is 2.36. The van der Waals surface area contributed by atoms with Crippen LogP contribution < -0.4 is 0 Å². The molecule has 0 N–H and O–H groups in total. The molecule has 2 aliphatic rings. The van der Waals surface area contributed by atoms with Gasteiger partial charge in [-0.05, 0) is 24.8 Å². The number of rotatable bonds is 5. The Bertz CT molecular complexity index is 710. The minimum absolute atomic E-state index is 0.0313. The van der Waals surface area contributed by atoms with Crippen molar-refractivity contribution in [3.05, 3.63) is 15.4 Å². The summed E-state index contributed by atoms with van der Waals surface area (Å²) in [6.45, 7) is 0.972. The number of hydrogen-bond acceptors (Lipinski definition) is 4. The third kappa shape index (κ3) is 3.60. The Morgan fingerprint density at radius 1 is 1.33 bits per heavy atom. The first-order valence-electron chi connectivity index (χ1n) is 7.99. The van der Waals surface area contributed by atoms with E-state index in [1.807, 2.05) is 4.90 Å². The first-order chi connectivity index (χ1) is 11.3. The van der Waals surface area contributed by atoms with Crippen LogP contribution in [0, 0.1) is 5.92 Å². The highest BCUT2D eigenvalue weighted by molar-refractivity contribution is 7.91. The van der Waals surface area contributed by atoms with E-state index in [1.165, 1.54) is 23.2 Å². The number of carbonyl (C=O) groups excluding carboxylic acids is 1. The van der Waals surface area contributed by atoms with E-state index in [-0.39, 0.29) is 25.4 Å². The molecule has 2 heterocycles. The fourth-order valence-corrected chi connectivity index (χ4v) is 6.91. The van der Waals surface area contributed by atoms with E-state index in [1.54, 1.807) is 7.05 Å². The normalized spacial score (nSPS) is 22.9. The van der Waals surface area contributed by atoms with Crippen molar-refractivity contribution in [1.29, 1.82) is 0 Å². The van der Waals surface area contributed by atoms with Crippen molar-refractivity contribution in [3.63, 3.8) is 0 Å². The number of thiophene rings is 1. The SMILES string of the molecule is CN(CC1CC(=O)N(C2CCCC2)C1)S(=O)(=O)c1cc(Cl)c(Cl)s1. The lowest BCUT2D eigenvalue weighted by atomic mass is 10.1. The van der Waals surface area contributed by atoms with Crippen LogP contribution in [-0.2, 0) is 14.8 Å². The van der Waals surface area contributed by atoms with E-state index in [0.29, 0.717) is 25.6 Å². The lowest BCUT2D eigenvalue weighted by Crippen LogP contribution is -2.36. The molecule has 0 radical (unpaired) electrons. The van der Waals surface area contributed by atoms with Crippen LogP contribution >= 0.6 is 34.5 Å². The number of nitrogens with zero attached hydrogens (tertiary/aromatic N) is 2. The molecule has 1 aliphatic heterocycles. The number of carbonyl (C=O) groups is 1. The van der Waals surface area contributed by atoms with Crippen LogP contribution in [0.1, 0.15) is 32.1 Å². The molecular weight excluding hydrogens is 391 g/mol. The summed E-state index contributed by atoms with van der Waals surface area (Å²) in [6, 6.07) is 1.73. The zero-order chi connectivity index (χ0) is 17.5. The van der Waals surface area contributed by atoms with E-state index in [2.05, 4.69) is 0 Å². The maximum absolute atomic E-state index is 12.6. The summed E-state index contributed by atoms with van der Waals surface area (Å²) in [5.41, 5.74) is 0. The van der Waals surface area contributed by atoms with E-state index in [4.69, 9.17) is 23.2 Å². The predicted molar refractivity (Wildman–Crippen MR) is 96.2 cm³/mol. The Hall–Kier alpha value is -0.340. The van der Waals surface area contributed by atoms with E-state index in [0.717, 1.165) is 24.2 Å². The summed E-state index contributed by atoms with van der Waals surface area (Å²) in [5.74, 6) is 0.184. The van der Waals surface area contributed by atoms with Gasteiger partial charge in [-0.25, -0.2) is 8.42 Å². The van der Waals surface area contributed by atoms with Crippen molar-refractivity contribution in [1.82, 2.24) is 9.21 Å². The molecule has 1 aromatic rings. The Kier molecular flexibility index (Phi) is 5.47. The predicted octanol–water partition coefficient (Wildman–Crippen LogP) is 3.47. The molecule has 0 spiro atoms. The first-order valence-corrected chi connectivity index (χ1v) is 11.0. The molecule has 24 heavy (non-hydrogen) atoms. The van der Waals surface area contributed by atoms with Gasteiger partial charge >= 0.3 is 0 Å². The maximum Gasteiger partial charge on any atom is 0.252 e. The highest BCUT2D eigenvalue weighted by atomic mass is 35.5. The molecule has 1 saturated carbocycles. The van der Waals surface area contributed by atoms with Gasteiger partial charge < -0.3 is 4.90 Å². The molecule has 1 atom stereocenters. The Labute approximate surface area is 156 Å². The maximum atomic E-state index is 12.6. The monoisotopic (exact) mass is 410 g/mol. The fourth-order valence-electron chi connectivity index (χ4n) is 3.57. The van der Waals surface area contributed by atoms with E-state index >= 15 is 0 Å². The standard InChI is InChI=1S/C15H20Cl2N2O3S2/c1-18(24(21,22)14-7-12(16)15(17)23-14)8-10-6-13(20)19(9-10)11-4-2-3-5-11/h7,10-11H,2-6,8-9H2,1H3. The second-order valence-electron chi connectivity index (χ2n) is 6.53. The number of likely N-dealkylation sites (tertiary alicyclic amines) is 1.